The number of amides is 2. The highest BCUT2D eigenvalue weighted by Gasteiger charge is 2.11. The Kier molecular flexibility index (Phi) is 4.73. The summed E-state index contributed by atoms with van der Waals surface area (Å²) in [7, 11) is 0. The maximum atomic E-state index is 11.7. The second kappa shape index (κ2) is 6.51. The summed E-state index contributed by atoms with van der Waals surface area (Å²) in [6.07, 6.45) is 3.22. The van der Waals surface area contributed by atoms with Gasteiger partial charge in [-0.25, -0.2) is 14.8 Å². The summed E-state index contributed by atoms with van der Waals surface area (Å²) in [6, 6.07) is -0.215. The van der Waals surface area contributed by atoms with E-state index in [1.54, 1.807) is 11.3 Å². The van der Waals surface area contributed by atoms with Gasteiger partial charge in [0.2, 0.25) is 0 Å². The lowest BCUT2D eigenvalue weighted by molar-refractivity contribution is 0.240. The molecule has 0 unspecified atom stereocenters. The standard InChI is InChI=1S/C13H18N4O2S/c1-8(12-14-5-9(2)20-12)4-15-13(18)16-6-11-10(3)19-7-17-11/h5,7-8H,4,6H2,1-3H3,(H2,15,16,18)/t8-/m1/s1. The average molecular weight is 294 g/mol. The van der Waals surface area contributed by atoms with Crippen molar-refractivity contribution >= 4 is 17.4 Å². The Labute approximate surface area is 121 Å². The number of rotatable bonds is 5. The summed E-state index contributed by atoms with van der Waals surface area (Å²) in [5.74, 6) is 0.921. The van der Waals surface area contributed by atoms with E-state index in [9.17, 15) is 4.79 Å². The Morgan fingerprint density at radius 2 is 2.20 bits per heavy atom. The normalized spacial score (nSPS) is 12.2. The molecule has 0 fully saturated rings. The molecular weight excluding hydrogens is 276 g/mol. The van der Waals surface area contributed by atoms with Gasteiger partial charge in [-0.2, -0.15) is 0 Å². The minimum Gasteiger partial charge on any atom is -0.448 e. The largest absolute Gasteiger partial charge is 0.448 e. The Hall–Kier alpha value is -1.89. The Bertz CT molecular complexity index is 578. The number of aryl methyl sites for hydroxylation is 2. The van der Waals surface area contributed by atoms with Gasteiger partial charge in [0, 0.05) is 23.5 Å². The number of hydrogen-bond donors (Lipinski definition) is 2. The molecule has 2 rings (SSSR count). The first-order valence-electron chi connectivity index (χ1n) is 6.39. The number of hydrogen-bond acceptors (Lipinski definition) is 5. The maximum Gasteiger partial charge on any atom is 0.315 e. The van der Waals surface area contributed by atoms with E-state index in [4.69, 9.17) is 4.42 Å². The number of thiazole rings is 1. The maximum absolute atomic E-state index is 11.7. The van der Waals surface area contributed by atoms with Gasteiger partial charge in [-0.15, -0.1) is 11.3 Å². The molecule has 7 heteroatoms. The van der Waals surface area contributed by atoms with E-state index in [1.807, 2.05) is 27.0 Å². The van der Waals surface area contributed by atoms with Gasteiger partial charge in [-0.1, -0.05) is 6.92 Å². The number of nitrogens with zero attached hydrogens (tertiary/aromatic N) is 2. The minimum absolute atomic E-state index is 0.202. The molecule has 0 spiro atoms. The summed E-state index contributed by atoms with van der Waals surface area (Å²) in [5.41, 5.74) is 0.740. The van der Waals surface area contributed by atoms with Crippen molar-refractivity contribution in [1.29, 1.82) is 0 Å². The quantitative estimate of drug-likeness (QED) is 0.887. The highest BCUT2D eigenvalue weighted by atomic mass is 32.1. The first-order valence-corrected chi connectivity index (χ1v) is 7.21. The van der Waals surface area contributed by atoms with Crippen LogP contribution in [0.15, 0.2) is 17.0 Å². The summed E-state index contributed by atoms with van der Waals surface area (Å²) in [4.78, 5) is 21.2. The number of nitrogens with one attached hydrogen (secondary N) is 2. The summed E-state index contributed by atoms with van der Waals surface area (Å²) < 4.78 is 5.07. The SMILES string of the molecule is Cc1cnc([C@H](C)CNC(=O)NCc2ncoc2C)s1. The van der Waals surface area contributed by atoms with Gasteiger partial charge in [-0.3, -0.25) is 0 Å². The van der Waals surface area contributed by atoms with Crippen LogP contribution < -0.4 is 10.6 Å². The molecule has 0 radical (unpaired) electrons. The van der Waals surface area contributed by atoms with Crippen molar-refractivity contribution < 1.29 is 9.21 Å². The summed E-state index contributed by atoms with van der Waals surface area (Å²) >= 11 is 1.66. The molecule has 108 valence electrons. The first-order chi connectivity index (χ1) is 9.56. The fraction of sp³-hybridized carbons (Fsp3) is 0.462. The Balaban J connectivity index is 1.74. The molecule has 0 saturated heterocycles. The van der Waals surface area contributed by atoms with Crippen LogP contribution in [0.3, 0.4) is 0 Å². The fourth-order valence-electron chi connectivity index (χ4n) is 1.66. The monoisotopic (exact) mass is 294 g/mol. The molecule has 0 saturated carbocycles. The molecule has 1 atom stereocenters. The van der Waals surface area contributed by atoms with Gasteiger partial charge in [0.25, 0.3) is 0 Å². The molecule has 2 aromatic heterocycles. The van der Waals surface area contributed by atoms with Gasteiger partial charge in [0.1, 0.15) is 11.5 Å². The van der Waals surface area contributed by atoms with Crippen LogP contribution >= 0.6 is 11.3 Å². The van der Waals surface area contributed by atoms with Crippen LogP contribution in [0.1, 0.15) is 34.2 Å². The lowest BCUT2D eigenvalue weighted by Crippen LogP contribution is -2.37. The molecule has 0 aromatic carbocycles. The molecule has 0 aliphatic rings. The van der Waals surface area contributed by atoms with Crippen LogP contribution in [-0.2, 0) is 6.54 Å². The molecule has 2 heterocycles. The van der Waals surface area contributed by atoms with Crippen LogP contribution in [0, 0.1) is 13.8 Å². The predicted molar refractivity (Wildman–Crippen MR) is 76.7 cm³/mol. The van der Waals surface area contributed by atoms with Gasteiger partial charge in [0.05, 0.1) is 11.6 Å². The second-order valence-corrected chi connectivity index (χ2v) is 5.90. The first kappa shape index (κ1) is 14.5. The zero-order valence-corrected chi connectivity index (χ0v) is 12.6. The third kappa shape index (κ3) is 3.80. The molecule has 0 bridgehead atoms. The van der Waals surface area contributed by atoms with Crippen LogP contribution in [0.2, 0.25) is 0 Å². The summed E-state index contributed by atoms with van der Waals surface area (Å²) in [5, 5.41) is 6.62. The Morgan fingerprint density at radius 1 is 1.40 bits per heavy atom. The zero-order valence-electron chi connectivity index (χ0n) is 11.8. The van der Waals surface area contributed by atoms with Gasteiger partial charge in [0.15, 0.2) is 6.39 Å². The number of oxazole rings is 1. The smallest absolute Gasteiger partial charge is 0.315 e. The molecule has 2 aromatic rings. The molecule has 20 heavy (non-hydrogen) atoms. The molecule has 6 nitrogen and oxygen atoms in total. The van der Waals surface area contributed by atoms with E-state index in [-0.39, 0.29) is 11.9 Å². The van der Waals surface area contributed by atoms with E-state index < -0.39 is 0 Å². The van der Waals surface area contributed by atoms with E-state index in [0.29, 0.717) is 13.1 Å². The lowest BCUT2D eigenvalue weighted by Gasteiger charge is -2.10. The zero-order chi connectivity index (χ0) is 14.5. The molecular formula is C13H18N4O2S. The van der Waals surface area contributed by atoms with E-state index >= 15 is 0 Å². The number of aromatic nitrogens is 2. The van der Waals surface area contributed by atoms with Gasteiger partial charge >= 0.3 is 6.03 Å². The van der Waals surface area contributed by atoms with Crippen LogP contribution in [0.4, 0.5) is 4.79 Å². The average Bonchev–Trinajstić information content (AvgIpc) is 3.02. The van der Waals surface area contributed by atoms with E-state index in [1.165, 1.54) is 11.3 Å². The summed E-state index contributed by atoms with van der Waals surface area (Å²) in [6.45, 7) is 6.79. The number of carbonyl (C=O) groups excluding carboxylic acids is 1. The van der Waals surface area contributed by atoms with E-state index in [0.717, 1.165) is 16.5 Å². The van der Waals surface area contributed by atoms with E-state index in [2.05, 4.69) is 20.6 Å². The van der Waals surface area contributed by atoms with Crippen molar-refractivity contribution in [3.63, 3.8) is 0 Å². The van der Waals surface area contributed by atoms with Gasteiger partial charge in [-0.05, 0) is 13.8 Å². The van der Waals surface area contributed by atoms with Crippen molar-refractivity contribution in [3.8, 4) is 0 Å². The van der Waals surface area contributed by atoms with Gasteiger partial charge < -0.3 is 15.1 Å². The van der Waals surface area contributed by atoms with Crippen molar-refractivity contribution in [1.82, 2.24) is 20.6 Å². The molecule has 2 amide bonds. The van der Waals surface area contributed by atoms with Crippen molar-refractivity contribution in [3.05, 3.63) is 33.9 Å². The molecule has 2 N–H and O–H groups in total. The minimum atomic E-state index is -0.215. The topological polar surface area (TPSA) is 80.0 Å². The third-order valence-electron chi connectivity index (χ3n) is 2.89. The van der Waals surface area contributed by atoms with Crippen LogP contribution in [-0.4, -0.2) is 22.5 Å². The van der Waals surface area contributed by atoms with Crippen LogP contribution in [0.25, 0.3) is 0 Å². The highest BCUT2D eigenvalue weighted by molar-refractivity contribution is 7.11. The second-order valence-electron chi connectivity index (χ2n) is 4.63. The predicted octanol–water partition coefficient (Wildman–Crippen LogP) is 2.35. The lowest BCUT2D eigenvalue weighted by atomic mass is 10.2. The Morgan fingerprint density at radius 3 is 2.80 bits per heavy atom. The third-order valence-corrected chi connectivity index (χ3v) is 4.03. The van der Waals surface area contributed by atoms with Crippen molar-refractivity contribution in [2.24, 2.45) is 0 Å². The molecule has 0 aliphatic heterocycles. The van der Waals surface area contributed by atoms with Crippen molar-refractivity contribution in [2.75, 3.05) is 6.54 Å². The number of carbonyl (C=O) groups is 1. The molecule has 0 aliphatic carbocycles. The fourth-order valence-corrected chi connectivity index (χ4v) is 2.48. The highest BCUT2D eigenvalue weighted by Crippen LogP contribution is 2.20. The van der Waals surface area contributed by atoms with Crippen molar-refractivity contribution in [2.45, 2.75) is 33.2 Å². The van der Waals surface area contributed by atoms with Crippen LogP contribution in [0.5, 0.6) is 0 Å². The number of urea groups is 1.